The van der Waals surface area contributed by atoms with E-state index < -0.39 is 0 Å². The normalized spacial score (nSPS) is 25.5. The van der Waals surface area contributed by atoms with Crippen LogP contribution in [0.25, 0.3) is 0 Å². The number of hydrogen-bond acceptors (Lipinski definition) is 3. The molecule has 1 heterocycles. The van der Waals surface area contributed by atoms with E-state index >= 15 is 0 Å². The van der Waals surface area contributed by atoms with Gasteiger partial charge in [0, 0.05) is 6.61 Å². The van der Waals surface area contributed by atoms with Gasteiger partial charge in [-0.05, 0) is 19.3 Å². The van der Waals surface area contributed by atoms with Crippen LogP contribution in [0.2, 0.25) is 0 Å². The summed E-state index contributed by atoms with van der Waals surface area (Å²) < 4.78 is 10.2. The maximum atomic E-state index is 8.47. The minimum absolute atomic E-state index is 0.284. The Bertz CT molecular complexity index is 78.9. The summed E-state index contributed by atoms with van der Waals surface area (Å²) in [6.45, 7) is 1.46. The van der Waals surface area contributed by atoms with E-state index in [0.717, 1.165) is 25.9 Å². The second-order valence-corrected chi connectivity index (χ2v) is 2.50. The zero-order valence-corrected chi connectivity index (χ0v) is 6.08. The van der Waals surface area contributed by atoms with Gasteiger partial charge in [0.05, 0.1) is 12.7 Å². The Labute approximate surface area is 60.9 Å². The molecule has 0 aliphatic carbocycles. The van der Waals surface area contributed by atoms with E-state index in [1.54, 1.807) is 0 Å². The summed E-state index contributed by atoms with van der Waals surface area (Å²) >= 11 is 0. The van der Waals surface area contributed by atoms with Crippen LogP contribution in [0.15, 0.2) is 0 Å². The van der Waals surface area contributed by atoms with Gasteiger partial charge < -0.3 is 14.6 Å². The predicted octanol–water partition coefficient (Wildman–Crippen LogP) is 0.522. The number of rotatable bonds is 4. The molecule has 0 aromatic heterocycles. The smallest absolute Gasteiger partial charge is 0.147 e. The first-order valence-corrected chi connectivity index (χ1v) is 3.73. The third kappa shape index (κ3) is 2.64. The van der Waals surface area contributed by atoms with E-state index in [4.69, 9.17) is 14.6 Å². The number of ether oxygens (including phenoxy) is 2. The molecule has 0 radical (unpaired) electrons. The Kier molecular flexibility index (Phi) is 3.72. The summed E-state index contributed by atoms with van der Waals surface area (Å²) in [6, 6.07) is 0. The van der Waals surface area contributed by atoms with E-state index in [1.165, 1.54) is 0 Å². The minimum Gasteiger partial charge on any atom is -0.396 e. The van der Waals surface area contributed by atoms with Gasteiger partial charge in [0.15, 0.2) is 0 Å². The van der Waals surface area contributed by atoms with Gasteiger partial charge in [0.1, 0.15) is 6.79 Å². The number of aliphatic hydroxyl groups is 1. The predicted molar refractivity (Wildman–Crippen MR) is 36.6 cm³/mol. The quantitative estimate of drug-likeness (QED) is 0.588. The monoisotopic (exact) mass is 146 g/mol. The summed E-state index contributed by atoms with van der Waals surface area (Å²) in [5, 5.41) is 8.47. The molecule has 0 aromatic carbocycles. The Balaban J connectivity index is 1.91. The lowest BCUT2D eigenvalue weighted by atomic mass is 10.2. The van der Waals surface area contributed by atoms with E-state index in [-0.39, 0.29) is 12.7 Å². The van der Waals surface area contributed by atoms with Gasteiger partial charge >= 0.3 is 0 Å². The Morgan fingerprint density at radius 3 is 2.90 bits per heavy atom. The largest absolute Gasteiger partial charge is 0.396 e. The van der Waals surface area contributed by atoms with Crippen LogP contribution in [-0.4, -0.2) is 31.2 Å². The summed E-state index contributed by atoms with van der Waals surface area (Å²) in [6.07, 6.45) is 3.21. The first-order chi connectivity index (χ1) is 4.93. The molecule has 1 saturated heterocycles. The van der Waals surface area contributed by atoms with Gasteiger partial charge in [-0.2, -0.15) is 0 Å². The Morgan fingerprint density at radius 2 is 2.30 bits per heavy atom. The molecule has 0 saturated carbocycles. The van der Waals surface area contributed by atoms with Gasteiger partial charge in [0.25, 0.3) is 0 Å². The highest BCUT2D eigenvalue weighted by molar-refractivity contribution is 4.59. The summed E-state index contributed by atoms with van der Waals surface area (Å²) in [5.74, 6) is 0. The highest BCUT2D eigenvalue weighted by Gasteiger charge is 2.14. The molecule has 0 spiro atoms. The Hall–Kier alpha value is -0.120. The van der Waals surface area contributed by atoms with Crippen LogP contribution >= 0.6 is 0 Å². The molecule has 60 valence electrons. The van der Waals surface area contributed by atoms with E-state index in [9.17, 15) is 0 Å². The molecule has 10 heavy (non-hydrogen) atoms. The van der Waals surface area contributed by atoms with Gasteiger partial charge in [-0.1, -0.05) is 0 Å². The number of unbranched alkanes of at least 4 members (excludes halogenated alkanes) is 1. The second kappa shape index (κ2) is 4.66. The number of aliphatic hydroxyl groups excluding tert-OH is 1. The molecule has 1 aliphatic heterocycles. The molecular formula is C7H14O3. The van der Waals surface area contributed by atoms with Crippen molar-refractivity contribution in [1.82, 2.24) is 0 Å². The molecular weight excluding hydrogens is 132 g/mol. The van der Waals surface area contributed by atoms with Crippen molar-refractivity contribution in [3.63, 3.8) is 0 Å². The molecule has 1 aliphatic rings. The van der Waals surface area contributed by atoms with Crippen molar-refractivity contribution < 1.29 is 14.6 Å². The SMILES string of the molecule is OCCCC[C@H]1COCO1. The van der Waals surface area contributed by atoms with Gasteiger partial charge in [-0.25, -0.2) is 0 Å². The van der Waals surface area contributed by atoms with Gasteiger partial charge in [0.2, 0.25) is 0 Å². The van der Waals surface area contributed by atoms with Crippen molar-refractivity contribution in [2.75, 3.05) is 20.0 Å². The molecule has 3 heteroatoms. The third-order valence-electron chi connectivity index (χ3n) is 1.63. The Morgan fingerprint density at radius 1 is 1.40 bits per heavy atom. The van der Waals surface area contributed by atoms with Crippen LogP contribution in [0.1, 0.15) is 19.3 Å². The van der Waals surface area contributed by atoms with E-state index in [1.807, 2.05) is 0 Å². The molecule has 1 atom stereocenters. The van der Waals surface area contributed by atoms with Crippen molar-refractivity contribution in [1.29, 1.82) is 0 Å². The highest BCUT2D eigenvalue weighted by atomic mass is 16.7. The van der Waals surface area contributed by atoms with Crippen LogP contribution in [0.4, 0.5) is 0 Å². The molecule has 0 aromatic rings. The van der Waals surface area contributed by atoms with E-state index in [0.29, 0.717) is 6.79 Å². The molecule has 1 fully saturated rings. The molecule has 0 unspecified atom stereocenters. The topological polar surface area (TPSA) is 38.7 Å². The second-order valence-electron chi connectivity index (χ2n) is 2.50. The maximum absolute atomic E-state index is 8.47. The average molecular weight is 146 g/mol. The van der Waals surface area contributed by atoms with Crippen molar-refractivity contribution >= 4 is 0 Å². The average Bonchev–Trinajstić information content (AvgIpc) is 2.41. The summed E-state index contributed by atoms with van der Waals surface area (Å²) in [4.78, 5) is 0. The first-order valence-electron chi connectivity index (χ1n) is 3.73. The molecule has 1 N–H and O–H groups in total. The van der Waals surface area contributed by atoms with Gasteiger partial charge in [-0.3, -0.25) is 0 Å². The van der Waals surface area contributed by atoms with Crippen LogP contribution in [0.5, 0.6) is 0 Å². The molecule has 1 rings (SSSR count). The summed E-state index contributed by atoms with van der Waals surface area (Å²) in [7, 11) is 0. The molecule has 0 bridgehead atoms. The van der Waals surface area contributed by atoms with Crippen molar-refractivity contribution in [2.45, 2.75) is 25.4 Å². The zero-order valence-electron chi connectivity index (χ0n) is 6.08. The minimum atomic E-state index is 0.284. The fourth-order valence-corrected chi connectivity index (χ4v) is 1.02. The van der Waals surface area contributed by atoms with Crippen molar-refractivity contribution in [3.8, 4) is 0 Å². The van der Waals surface area contributed by atoms with Crippen LogP contribution in [-0.2, 0) is 9.47 Å². The fraction of sp³-hybridized carbons (Fsp3) is 1.00. The lowest BCUT2D eigenvalue weighted by molar-refractivity contribution is 0.0437. The van der Waals surface area contributed by atoms with Gasteiger partial charge in [-0.15, -0.1) is 0 Å². The third-order valence-corrected chi connectivity index (χ3v) is 1.63. The fourth-order valence-electron chi connectivity index (χ4n) is 1.02. The molecule has 3 nitrogen and oxygen atoms in total. The van der Waals surface area contributed by atoms with Crippen LogP contribution < -0.4 is 0 Å². The molecule has 0 amide bonds. The van der Waals surface area contributed by atoms with Crippen LogP contribution in [0.3, 0.4) is 0 Å². The highest BCUT2D eigenvalue weighted by Crippen LogP contribution is 2.10. The standard InChI is InChI=1S/C7H14O3/c8-4-2-1-3-7-5-9-6-10-7/h7-8H,1-6H2/t7-/m0/s1. The lowest BCUT2D eigenvalue weighted by Crippen LogP contribution is -2.08. The van der Waals surface area contributed by atoms with E-state index in [2.05, 4.69) is 0 Å². The van der Waals surface area contributed by atoms with Crippen LogP contribution in [0, 0.1) is 0 Å². The van der Waals surface area contributed by atoms with Crippen molar-refractivity contribution in [2.24, 2.45) is 0 Å². The lowest BCUT2D eigenvalue weighted by Gasteiger charge is -2.04. The van der Waals surface area contributed by atoms with Crippen molar-refractivity contribution in [3.05, 3.63) is 0 Å². The zero-order chi connectivity index (χ0) is 7.23. The maximum Gasteiger partial charge on any atom is 0.147 e. The summed E-state index contributed by atoms with van der Waals surface area (Å²) in [5.41, 5.74) is 0. The number of hydrogen-bond donors (Lipinski definition) is 1. The first kappa shape index (κ1) is 7.98.